The van der Waals surface area contributed by atoms with Crippen molar-refractivity contribution >= 4 is 23.4 Å². The highest BCUT2D eigenvalue weighted by atomic mass is 35.5. The maximum absolute atomic E-state index is 13.2. The van der Waals surface area contributed by atoms with Crippen molar-refractivity contribution in [3.8, 4) is 0 Å². The van der Waals surface area contributed by atoms with E-state index in [1.165, 1.54) is 5.56 Å². The minimum absolute atomic E-state index is 0.0915. The number of benzene rings is 2. The van der Waals surface area contributed by atoms with Crippen molar-refractivity contribution in [2.75, 3.05) is 26.2 Å². The third-order valence-electron chi connectivity index (χ3n) is 7.47. The molecule has 2 amide bonds. The summed E-state index contributed by atoms with van der Waals surface area (Å²) >= 11 is 6.13. The van der Waals surface area contributed by atoms with Gasteiger partial charge in [-0.05, 0) is 72.9 Å². The molecule has 2 aromatic carbocycles. The Bertz CT molecular complexity index is 1030. The largest absolute Gasteiger partial charge is 0.377 e. The number of nitrogens with zero attached hydrogens (tertiary/aromatic N) is 2. The van der Waals surface area contributed by atoms with E-state index in [-0.39, 0.29) is 23.3 Å². The van der Waals surface area contributed by atoms with Crippen LogP contribution in [0.1, 0.15) is 53.6 Å². The van der Waals surface area contributed by atoms with E-state index in [9.17, 15) is 9.59 Å². The number of halogens is 1. The lowest BCUT2D eigenvalue weighted by Gasteiger charge is -2.38. The molecule has 1 spiro atoms. The number of likely N-dealkylation sites (tertiary alicyclic amines) is 2. The van der Waals surface area contributed by atoms with Gasteiger partial charge in [-0.2, -0.15) is 0 Å². The van der Waals surface area contributed by atoms with Crippen LogP contribution in [0.5, 0.6) is 0 Å². The lowest BCUT2D eigenvalue weighted by Crippen LogP contribution is -2.43. The van der Waals surface area contributed by atoms with E-state index in [4.69, 9.17) is 16.3 Å². The molecule has 174 valence electrons. The molecular formula is C27H31ClN2O3. The molecule has 5 rings (SSSR count). The van der Waals surface area contributed by atoms with Crippen molar-refractivity contribution in [1.29, 1.82) is 0 Å². The first-order chi connectivity index (χ1) is 16.0. The average Bonchev–Trinajstić information content (AvgIpc) is 3.40. The van der Waals surface area contributed by atoms with Crippen LogP contribution < -0.4 is 0 Å². The Morgan fingerprint density at radius 2 is 1.85 bits per heavy atom. The van der Waals surface area contributed by atoms with Crippen molar-refractivity contribution in [2.45, 2.75) is 51.2 Å². The van der Waals surface area contributed by atoms with E-state index in [2.05, 4.69) is 6.07 Å². The molecule has 3 heterocycles. The Kier molecular flexibility index (Phi) is 6.44. The quantitative estimate of drug-likeness (QED) is 0.640. The third kappa shape index (κ3) is 5.10. The van der Waals surface area contributed by atoms with Crippen LogP contribution in [0.25, 0.3) is 0 Å². The number of hydrogen-bond donors (Lipinski definition) is 0. The summed E-state index contributed by atoms with van der Waals surface area (Å²) < 4.78 is 6.18. The monoisotopic (exact) mass is 466 g/mol. The van der Waals surface area contributed by atoms with Crippen LogP contribution in [0.4, 0.5) is 0 Å². The molecule has 3 aliphatic rings. The number of amides is 2. The van der Waals surface area contributed by atoms with E-state index >= 15 is 0 Å². The number of carbonyl (C=O) groups excluding carboxylic acids is 2. The number of hydrogen-bond acceptors (Lipinski definition) is 3. The summed E-state index contributed by atoms with van der Waals surface area (Å²) in [7, 11) is 0. The minimum Gasteiger partial charge on any atom is -0.377 e. The summed E-state index contributed by atoms with van der Waals surface area (Å²) in [6.07, 6.45) is 5.67. The number of carbonyl (C=O) groups is 2. The molecule has 0 aliphatic carbocycles. The van der Waals surface area contributed by atoms with E-state index in [0.29, 0.717) is 13.0 Å². The zero-order chi connectivity index (χ0) is 22.8. The van der Waals surface area contributed by atoms with Gasteiger partial charge in [0, 0.05) is 43.2 Å². The number of ether oxygens (including phenoxy) is 1. The van der Waals surface area contributed by atoms with Gasteiger partial charge < -0.3 is 14.5 Å². The summed E-state index contributed by atoms with van der Waals surface area (Å²) in [4.78, 5) is 29.0. The molecule has 0 N–H and O–H groups in total. The summed E-state index contributed by atoms with van der Waals surface area (Å²) in [6, 6.07) is 15.8. The molecule has 3 aliphatic heterocycles. The standard InChI is InChI=1S/C27H31ClN2O3/c28-23-7-2-4-20(15-23)16-24-17-27(19-33-24)9-12-29(13-10-27)26(32)22-6-1-5-21(14-22)18-30-11-3-8-25(30)31/h1-2,4-7,14-15,24H,3,8-13,16-19H2/t24-/m1/s1. The fraction of sp³-hybridized carbons (Fsp3) is 0.481. The second kappa shape index (κ2) is 9.47. The highest BCUT2D eigenvalue weighted by Crippen LogP contribution is 2.43. The Morgan fingerprint density at radius 3 is 2.61 bits per heavy atom. The van der Waals surface area contributed by atoms with E-state index in [1.54, 1.807) is 0 Å². The highest BCUT2D eigenvalue weighted by molar-refractivity contribution is 6.30. The number of rotatable bonds is 5. The van der Waals surface area contributed by atoms with Crippen LogP contribution in [0.3, 0.4) is 0 Å². The van der Waals surface area contributed by atoms with Crippen LogP contribution in [0, 0.1) is 5.41 Å². The first-order valence-corrected chi connectivity index (χ1v) is 12.4. The highest BCUT2D eigenvalue weighted by Gasteiger charge is 2.43. The summed E-state index contributed by atoms with van der Waals surface area (Å²) in [5, 5.41) is 0.767. The topological polar surface area (TPSA) is 49.9 Å². The molecule has 0 aromatic heterocycles. The summed E-state index contributed by atoms with van der Waals surface area (Å²) in [5.41, 5.74) is 3.14. The van der Waals surface area contributed by atoms with Gasteiger partial charge in [-0.3, -0.25) is 9.59 Å². The van der Waals surface area contributed by atoms with Crippen LogP contribution >= 0.6 is 11.6 Å². The molecule has 3 saturated heterocycles. The smallest absolute Gasteiger partial charge is 0.253 e. The summed E-state index contributed by atoms with van der Waals surface area (Å²) in [5.74, 6) is 0.300. The molecule has 6 heteroatoms. The molecular weight excluding hydrogens is 436 g/mol. The maximum Gasteiger partial charge on any atom is 0.253 e. The Hall–Kier alpha value is -2.37. The van der Waals surface area contributed by atoms with Gasteiger partial charge in [0.05, 0.1) is 12.7 Å². The SMILES string of the molecule is O=C1CCCN1Cc1cccc(C(=O)N2CCC3(CC2)CO[C@H](Cc2cccc(Cl)c2)C3)c1. The molecule has 0 radical (unpaired) electrons. The zero-order valence-corrected chi connectivity index (χ0v) is 19.7. The van der Waals surface area contributed by atoms with Gasteiger partial charge in [-0.15, -0.1) is 0 Å². The zero-order valence-electron chi connectivity index (χ0n) is 19.0. The van der Waals surface area contributed by atoms with Gasteiger partial charge in [0.15, 0.2) is 0 Å². The third-order valence-corrected chi connectivity index (χ3v) is 7.70. The Morgan fingerprint density at radius 1 is 1.06 bits per heavy atom. The Balaban J connectivity index is 1.16. The van der Waals surface area contributed by atoms with Gasteiger partial charge in [0.2, 0.25) is 5.91 Å². The summed E-state index contributed by atoms with van der Waals surface area (Å²) in [6.45, 7) is 3.71. The predicted molar refractivity (Wildman–Crippen MR) is 128 cm³/mol. The van der Waals surface area contributed by atoms with E-state index in [0.717, 1.165) is 74.5 Å². The molecule has 5 nitrogen and oxygen atoms in total. The lowest BCUT2D eigenvalue weighted by atomic mass is 9.76. The molecule has 0 bridgehead atoms. The second-order valence-corrected chi connectivity index (χ2v) is 10.3. The molecule has 2 aromatic rings. The van der Waals surface area contributed by atoms with Gasteiger partial charge in [-0.25, -0.2) is 0 Å². The van der Waals surface area contributed by atoms with Gasteiger partial charge in [0.25, 0.3) is 5.91 Å². The van der Waals surface area contributed by atoms with Crippen LogP contribution in [0.15, 0.2) is 48.5 Å². The minimum atomic E-state index is 0.0915. The number of piperidine rings is 1. The molecule has 0 saturated carbocycles. The van der Waals surface area contributed by atoms with Crippen LogP contribution in [-0.4, -0.2) is 54.0 Å². The second-order valence-electron chi connectivity index (χ2n) is 9.88. The molecule has 0 unspecified atom stereocenters. The molecule has 33 heavy (non-hydrogen) atoms. The fourth-order valence-electron chi connectivity index (χ4n) is 5.56. The fourth-order valence-corrected chi connectivity index (χ4v) is 5.78. The van der Waals surface area contributed by atoms with Crippen molar-refractivity contribution in [1.82, 2.24) is 9.80 Å². The lowest BCUT2D eigenvalue weighted by molar-refractivity contribution is -0.128. The Labute approximate surface area is 200 Å². The van der Waals surface area contributed by atoms with Gasteiger partial charge in [-0.1, -0.05) is 35.9 Å². The molecule has 3 fully saturated rings. The first-order valence-electron chi connectivity index (χ1n) is 12.0. The van der Waals surface area contributed by atoms with Gasteiger partial charge >= 0.3 is 0 Å². The van der Waals surface area contributed by atoms with Crippen LogP contribution in [-0.2, 0) is 22.5 Å². The van der Waals surface area contributed by atoms with E-state index < -0.39 is 0 Å². The molecule has 1 atom stereocenters. The first kappa shape index (κ1) is 22.4. The van der Waals surface area contributed by atoms with Crippen LogP contribution in [0.2, 0.25) is 5.02 Å². The van der Waals surface area contributed by atoms with Crippen molar-refractivity contribution < 1.29 is 14.3 Å². The predicted octanol–water partition coefficient (Wildman–Crippen LogP) is 4.72. The van der Waals surface area contributed by atoms with Gasteiger partial charge in [0.1, 0.15) is 0 Å². The van der Waals surface area contributed by atoms with Crippen molar-refractivity contribution in [2.24, 2.45) is 5.41 Å². The normalized spacial score (nSPS) is 22.3. The van der Waals surface area contributed by atoms with E-state index in [1.807, 2.05) is 52.3 Å². The average molecular weight is 467 g/mol. The maximum atomic E-state index is 13.2. The van der Waals surface area contributed by atoms with Crippen molar-refractivity contribution in [3.05, 3.63) is 70.2 Å². The van der Waals surface area contributed by atoms with Crippen molar-refractivity contribution in [3.63, 3.8) is 0 Å².